The zero-order chi connectivity index (χ0) is 15.6. The van der Waals surface area contributed by atoms with Gasteiger partial charge in [-0.3, -0.25) is 4.79 Å². The Morgan fingerprint density at radius 3 is 2.67 bits per heavy atom. The first kappa shape index (κ1) is 15.4. The molecule has 0 saturated carbocycles. The zero-order valence-corrected chi connectivity index (χ0v) is 13.3. The zero-order valence-electron chi connectivity index (χ0n) is 12.5. The van der Waals surface area contributed by atoms with Crippen molar-refractivity contribution in [3.63, 3.8) is 0 Å². The second-order valence-electron chi connectivity index (χ2n) is 4.92. The average molecular weight is 307 g/mol. The average Bonchev–Trinajstić information content (AvgIpc) is 2.72. The van der Waals surface area contributed by atoms with E-state index in [1.54, 1.807) is 17.4 Å². The van der Waals surface area contributed by atoms with Crippen LogP contribution in [-0.4, -0.2) is 10.9 Å². The number of carbonyl (C=O) groups excluding carboxylic acids is 1. The maximum atomic E-state index is 13.9. The van der Waals surface area contributed by atoms with Crippen LogP contribution in [0.1, 0.15) is 35.5 Å². The molecule has 6 heteroatoms. The fourth-order valence-corrected chi connectivity index (χ4v) is 3.08. The Bertz CT molecular complexity index is 669. The summed E-state index contributed by atoms with van der Waals surface area (Å²) in [7, 11) is 0. The molecule has 1 heterocycles. The van der Waals surface area contributed by atoms with Gasteiger partial charge in [0.15, 0.2) is 0 Å². The van der Waals surface area contributed by atoms with Crippen LogP contribution in [0.4, 0.5) is 15.8 Å². The molecular formula is C15H18FN3OS. The van der Waals surface area contributed by atoms with E-state index in [2.05, 4.69) is 15.6 Å². The van der Waals surface area contributed by atoms with Gasteiger partial charge in [0.2, 0.25) is 5.91 Å². The summed E-state index contributed by atoms with van der Waals surface area (Å²) >= 11 is 1.62. The molecule has 0 aliphatic carbocycles. The van der Waals surface area contributed by atoms with Gasteiger partial charge in [-0.15, -0.1) is 11.3 Å². The Morgan fingerprint density at radius 2 is 2.10 bits per heavy atom. The Balaban J connectivity index is 2.22. The van der Waals surface area contributed by atoms with E-state index in [1.807, 2.05) is 20.8 Å². The lowest BCUT2D eigenvalue weighted by Gasteiger charge is -2.16. The molecule has 21 heavy (non-hydrogen) atoms. The van der Waals surface area contributed by atoms with Crippen LogP contribution in [0.5, 0.6) is 0 Å². The van der Waals surface area contributed by atoms with Crippen molar-refractivity contribution in [2.24, 2.45) is 0 Å². The van der Waals surface area contributed by atoms with Crippen molar-refractivity contribution in [2.75, 3.05) is 10.6 Å². The van der Waals surface area contributed by atoms with Gasteiger partial charge < -0.3 is 10.6 Å². The number of halogens is 1. The highest BCUT2D eigenvalue weighted by molar-refractivity contribution is 7.11. The van der Waals surface area contributed by atoms with Crippen molar-refractivity contribution in [1.82, 2.24) is 4.98 Å². The van der Waals surface area contributed by atoms with E-state index in [0.29, 0.717) is 11.4 Å². The number of nitrogens with one attached hydrogen (secondary N) is 2. The molecule has 1 unspecified atom stereocenters. The summed E-state index contributed by atoms with van der Waals surface area (Å²) in [6.45, 7) is 7.31. The van der Waals surface area contributed by atoms with Crippen molar-refractivity contribution in [1.29, 1.82) is 0 Å². The van der Waals surface area contributed by atoms with E-state index >= 15 is 0 Å². The highest BCUT2D eigenvalue weighted by Crippen LogP contribution is 2.28. The molecule has 1 aromatic carbocycles. The largest absolute Gasteiger partial charge is 0.374 e. The van der Waals surface area contributed by atoms with Gasteiger partial charge in [-0.2, -0.15) is 0 Å². The van der Waals surface area contributed by atoms with Gasteiger partial charge in [0.05, 0.1) is 22.4 Å². The minimum Gasteiger partial charge on any atom is -0.374 e. The summed E-state index contributed by atoms with van der Waals surface area (Å²) in [4.78, 5) is 16.7. The molecule has 2 rings (SSSR count). The smallest absolute Gasteiger partial charge is 0.221 e. The molecule has 0 aliphatic rings. The first-order valence-electron chi connectivity index (χ1n) is 6.64. The third-order valence-corrected chi connectivity index (χ3v) is 3.91. The van der Waals surface area contributed by atoms with E-state index in [4.69, 9.17) is 0 Å². The molecule has 1 atom stereocenters. The van der Waals surface area contributed by atoms with Crippen LogP contribution in [0.2, 0.25) is 0 Å². The fraction of sp³-hybridized carbons (Fsp3) is 0.333. The van der Waals surface area contributed by atoms with Gasteiger partial charge in [-0.1, -0.05) is 0 Å². The highest BCUT2D eigenvalue weighted by atomic mass is 32.1. The topological polar surface area (TPSA) is 54.0 Å². The lowest BCUT2D eigenvalue weighted by atomic mass is 10.2. The lowest BCUT2D eigenvalue weighted by Crippen LogP contribution is -2.11. The van der Waals surface area contributed by atoms with Gasteiger partial charge >= 0.3 is 0 Å². The quantitative estimate of drug-likeness (QED) is 0.896. The monoisotopic (exact) mass is 307 g/mol. The number of anilines is 2. The van der Waals surface area contributed by atoms with Gasteiger partial charge in [0.1, 0.15) is 5.82 Å². The molecule has 0 bridgehead atoms. The first-order chi connectivity index (χ1) is 9.86. The van der Waals surface area contributed by atoms with Crippen LogP contribution in [-0.2, 0) is 4.79 Å². The van der Waals surface area contributed by atoms with Gasteiger partial charge in [-0.05, 0) is 39.0 Å². The molecular weight excluding hydrogens is 289 g/mol. The number of hydrogen-bond acceptors (Lipinski definition) is 4. The van der Waals surface area contributed by atoms with Crippen molar-refractivity contribution >= 4 is 28.6 Å². The standard InChI is InChI=1S/C15H18FN3OS/c1-8(15-9(2)21-11(4)19-15)17-14-7-12(18-10(3)20)5-6-13(14)16/h5-8,17H,1-4H3,(H,18,20). The molecule has 112 valence electrons. The maximum Gasteiger partial charge on any atom is 0.221 e. The molecule has 1 aromatic heterocycles. The van der Waals surface area contributed by atoms with Gasteiger partial charge in [-0.25, -0.2) is 9.37 Å². The Kier molecular flexibility index (Phi) is 4.57. The molecule has 0 aliphatic heterocycles. The lowest BCUT2D eigenvalue weighted by molar-refractivity contribution is -0.114. The highest BCUT2D eigenvalue weighted by Gasteiger charge is 2.15. The van der Waals surface area contributed by atoms with Crippen LogP contribution in [0.3, 0.4) is 0 Å². The molecule has 0 saturated heterocycles. The Hall–Kier alpha value is -1.95. The van der Waals surface area contributed by atoms with Crippen LogP contribution < -0.4 is 10.6 Å². The van der Waals surface area contributed by atoms with Crippen LogP contribution in [0.15, 0.2) is 18.2 Å². The SMILES string of the molecule is CC(=O)Nc1ccc(F)c(NC(C)c2nc(C)sc2C)c1. The number of nitrogens with zero attached hydrogens (tertiary/aromatic N) is 1. The van der Waals surface area contributed by atoms with Crippen molar-refractivity contribution < 1.29 is 9.18 Å². The first-order valence-corrected chi connectivity index (χ1v) is 7.46. The fourth-order valence-electron chi connectivity index (χ4n) is 2.17. The molecule has 1 amide bonds. The van der Waals surface area contributed by atoms with Crippen LogP contribution in [0.25, 0.3) is 0 Å². The number of thiazole rings is 1. The van der Waals surface area contributed by atoms with Crippen LogP contribution in [0, 0.1) is 19.7 Å². The summed E-state index contributed by atoms with van der Waals surface area (Å²) in [5.41, 5.74) is 1.82. The number of carbonyl (C=O) groups is 1. The van der Waals surface area contributed by atoms with E-state index < -0.39 is 0 Å². The molecule has 0 spiro atoms. The minimum absolute atomic E-state index is 0.114. The van der Waals surface area contributed by atoms with E-state index in [9.17, 15) is 9.18 Å². The molecule has 2 aromatic rings. The molecule has 2 N–H and O–H groups in total. The summed E-state index contributed by atoms with van der Waals surface area (Å²) in [5.74, 6) is -0.549. The number of hydrogen-bond donors (Lipinski definition) is 2. The van der Waals surface area contributed by atoms with E-state index in [-0.39, 0.29) is 17.8 Å². The van der Waals surface area contributed by atoms with Crippen molar-refractivity contribution in [3.05, 3.63) is 39.6 Å². The van der Waals surface area contributed by atoms with E-state index in [0.717, 1.165) is 15.6 Å². The Labute approximate surface area is 127 Å². The third kappa shape index (κ3) is 3.78. The Morgan fingerprint density at radius 1 is 1.38 bits per heavy atom. The number of rotatable bonds is 4. The number of amides is 1. The van der Waals surface area contributed by atoms with Crippen molar-refractivity contribution in [2.45, 2.75) is 33.7 Å². The summed E-state index contributed by atoms with van der Waals surface area (Å²) in [6.07, 6.45) is 0. The van der Waals surface area contributed by atoms with Gasteiger partial charge in [0.25, 0.3) is 0 Å². The van der Waals surface area contributed by atoms with Crippen LogP contribution >= 0.6 is 11.3 Å². The summed E-state index contributed by atoms with van der Waals surface area (Å²) < 4.78 is 13.9. The van der Waals surface area contributed by atoms with E-state index in [1.165, 1.54) is 19.1 Å². The molecule has 0 radical (unpaired) electrons. The number of benzene rings is 1. The molecule has 0 fully saturated rings. The number of aromatic nitrogens is 1. The number of aryl methyl sites for hydroxylation is 2. The minimum atomic E-state index is -0.361. The summed E-state index contributed by atoms with van der Waals surface area (Å²) in [5, 5.41) is 6.74. The van der Waals surface area contributed by atoms with Gasteiger partial charge in [0, 0.05) is 17.5 Å². The molecule has 4 nitrogen and oxygen atoms in total. The van der Waals surface area contributed by atoms with Crippen molar-refractivity contribution in [3.8, 4) is 0 Å². The summed E-state index contributed by atoms with van der Waals surface area (Å²) in [6, 6.07) is 4.34. The predicted octanol–water partition coefficient (Wildman–Crippen LogP) is 4.03. The maximum absolute atomic E-state index is 13.9. The normalized spacial score (nSPS) is 12.0. The predicted molar refractivity (Wildman–Crippen MR) is 84.3 cm³/mol. The third-order valence-electron chi connectivity index (χ3n) is 3.01. The second-order valence-corrected chi connectivity index (χ2v) is 6.32. The second kappa shape index (κ2) is 6.22.